The summed E-state index contributed by atoms with van der Waals surface area (Å²) in [6.45, 7) is 5.50. The third-order valence-electron chi connectivity index (χ3n) is 3.68. The van der Waals surface area contributed by atoms with Gasteiger partial charge >= 0.3 is 0 Å². The molecule has 1 aromatic rings. The first-order valence-corrected chi connectivity index (χ1v) is 7.03. The van der Waals surface area contributed by atoms with Gasteiger partial charge in [0.15, 0.2) is 0 Å². The van der Waals surface area contributed by atoms with Crippen molar-refractivity contribution in [1.82, 2.24) is 10.2 Å². The fraction of sp³-hybridized carbons (Fsp3) is 0.533. The van der Waals surface area contributed by atoms with Gasteiger partial charge in [0.05, 0.1) is 0 Å². The summed E-state index contributed by atoms with van der Waals surface area (Å²) in [7, 11) is 0. The molecule has 1 aliphatic rings. The van der Waals surface area contributed by atoms with Crippen LogP contribution in [0.2, 0.25) is 0 Å². The van der Waals surface area contributed by atoms with Crippen LogP contribution in [0.3, 0.4) is 0 Å². The standard InChI is InChI=1S/C15H22N2O3/c1-10(9-17-7-3-4-15(17)20)16-11(2)13-6-5-12(18)8-14(13)19/h5-6,8,10-11,16,18-19H,3-4,7,9H2,1-2H3. The van der Waals surface area contributed by atoms with Gasteiger partial charge in [0.1, 0.15) is 11.5 Å². The van der Waals surface area contributed by atoms with E-state index < -0.39 is 0 Å². The Morgan fingerprint density at radius 2 is 2.10 bits per heavy atom. The van der Waals surface area contributed by atoms with Crippen molar-refractivity contribution in [3.05, 3.63) is 23.8 Å². The van der Waals surface area contributed by atoms with Crippen molar-refractivity contribution >= 4 is 5.91 Å². The lowest BCUT2D eigenvalue weighted by atomic mass is 10.1. The highest BCUT2D eigenvalue weighted by Crippen LogP contribution is 2.28. The number of rotatable bonds is 5. The van der Waals surface area contributed by atoms with Gasteiger partial charge in [-0.3, -0.25) is 4.79 Å². The average Bonchev–Trinajstić information content (AvgIpc) is 2.74. The summed E-state index contributed by atoms with van der Waals surface area (Å²) in [6, 6.07) is 4.68. The molecule has 0 spiro atoms. The number of nitrogens with zero attached hydrogens (tertiary/aromatic N) is 1. The van der Waals surface area contributed by atoms with Crippen LogP contribution in [0.15, 0.2) is 18.2 Å². The third kappa shape index (κ3) is 3.42. The van der Waals surface area contributed by atoms with Crippen molar-refractivity contribution in [3.63, 3.8) is 0 Å². The number of benzene rings is 1. The summed E-state index contributed by atoms with van der Waals surface area (Å²) in [5, 5.41) is 22.5. The minimum atomic E-state index is -0.0525. The lowest BCUT2D eigenvalue weighted by molar-refractivity contribution is -0.127. The molecule has 1 aliphatic heterocycles. The number of carbonyl (C=O) groups excluding carboxylic acids is 1. The molecule has 20 heavy (non-hydrogen) atoms. The van der Waals surface area contributed by atoms with E-state index >= 15 is 0 Å². The van der Waals surface area contributed by atoms with Gasteiger partial charge < -0.3 is 20.4 Å². The number of hydrogen-bond donors (Lipinski definition) is 3. The Labute approximate surface area is 119 Å². The second-order valence-corrected chi connectivity index (χ2v) is 5.48. The molecule has 1 aromatic carbocycles. The molecule has 3 N–H and O–H groups in total. The minimum Gasteiger partial charge on any atom is -0.508 e. The van der Waals surface area contributed by atoms with Gasteiger partial charge in [-0.25, -0.2) is 0 Å². The Kier molecular flexibility index (Phi) is 4.49. The van der Waals surface area contributed by atoms with Crippen molar-refractivity contribution in [2.24, 2.45) is 0 Å². The van der Waals surface area contributed by atoms with Crippen molar-refractivity contribution in [1.29, 1.82) is 0 Å². The quantitative estimate of drug-likeness (QED) is 0.767. The minimum absolute atomic E-state index is 0.0501. The first-order valence-electron chi connectivity index (χ1n) is 7.03. The number of hydrogen-bond acceptors (Lipinski definition) is 4. The number of nitrogens with one attached hydrogen (secondary N) is 1. The summed E-state index contributed by atoms with van der Waals surface area (Å²) in [5.74, 6) is 0.349. The van der Waals surface area contributed by atoms with E-state index in [2.05, 4.69) is 5.32 Å². The van der Waals surface area contributed by atoms with Gasteiger partial charge in [-0.15, -0.1) is 0 Å². The van der Waals surface area contributed by atoms with E-state index in [0.29, 0.717) is 13.0 Å². The number of amides is 1. The van der Waals surface area contributed by atoms with Crippen LogP contribution in [0.5, 0.6) is 11.5 Å². The third-order valence-corrected chi connectivity index (χ3v) is 3.68. The van der Waals surface area contributed by atoms with Gasteiger partial charge in [0.25, 0.3) is 0 Å². The smallest absolute Gasteiger partial charge is 0.222 e. The van der Waals surface area contributed by atoms with E-state index in [-0.39, 0.29) is 29.5 Å². The first-order chi connectivity index (χ1) is 9.47. The Hall–Kier alpha value is -1.75. The molecule has 0 saturated carbocycles. The van der Waals surface area contributed by atoms with E-state index in [1.54, 1.807) is 12.1 Å². The molecular formula is C15H22N2O3. The Morgan fingerprint density at radius 1 is 1.35 bits per heavy atom. The molecule has 0 bridgehead atoms. The molecule has 1 amide bonds. The SMILES string of the molecule is CC(CN1CCCC1=O)NC(C)c1ccc(O)cc1O. The van der Waals surface area contributed by atoms with E-state index in [4.69, 9.17) is 0 Å². The lowest BCUT2D eigenvalue weighted by Crippen LogP contribution is -2.40. The zero-order chi connectivity index (χ0) is 14.7. The van der Waals surface area contributed by atoms with Crippen LogP contribution in [0.25, 0.3) is 0 Å². The van der Waals surface area contributed by atoms with Crippen LogP contribution in [0.4, 0.5) is 0 Å². The fourth-order valence-corrected chi connectivity index (χ4v) is 2.70. The van der Waals surface area contributed by atoms with E-state index in [1.807, 2.05) is 18.7 Å². The highest BCUT2D eigenvalue weighted by Gasteiger charge is 2.22. The lowest BCUT2D eigenvalue weighted by Gasteiger charge is -2.25. The fourth-order valence-electron chi connectivity index (χ4n) is 2.70. The van der Waals surface area contributed by atoms with Gasteiger partial charge in [0.2, 0.25) is 5.91 Å². The predicted octanol–water partition coefficient (Wildman–Crippen LogP) is 1.76. The van der Waals surface area contributed by atoms with E-state index in [1.165, 1.54) is 6.07 Å². The molecule has 0 aliphatic carbocycles. The van der Waals surface area contributed by atoms with Crippen LogP contribution in [0, 0.1) is 0 Å². The van der Waals surface area contributed by atoms with Crippen LogP contribution in [-0.4, -0.2) is 40.2 Å². The van der Waals surface area contributed by atoms with Crippen molar-refractivity contribution < 1.29 is 15.0 Å². The molecule has 2 rings (SSSR count). The molecule has 0 radical (unpaired) electrons. The zero-order valence-corrected chi connectivity index (χ0v) is 12.0. The van der Waals surface area contributed by atoms with Crippen molar-refractivity contribution in [2.45, 2.75) is 38.8 Å². The monoisotopic (exact) mass is 278 g/mol. The molecule has 1 heterocycles. The second-order valence-electron chi connectivity index (χ2n) is 5.48. The normalized spacial score (nSPS) is 18.3. The number of phenols is 2. The summed E-state index contributed by atoms with van der Waals surface area (Å²) < 4.78 is 0. The van der Waals surface area contributed by atoms with Crippen LogP contribution < -0.4 is 5.32 Å². The topological polar surface area (TPSA) is 72.8 Å². The molecule has 2 atom stereocenters. The first kappa shape index (κ1) is 14.7. The van der Waals surface area contributed by atoms with Crippen LogP contribution >= 0.6 is 0 Å². The molecule has 5 nitrogen and oxygen atoms in total. The van der Waals surface area contributed by atoms with Crippen molar-refractivity contribution in [3.8, 4) is 11.5 Å². The summed E-state index contributed by atoms with van der Waals surface area (Å²) in [6.07, 6.45) is 1.60. The number of aromatic hydroxyl groups is 2. The van der Waals surface area contributed by atoms with Gasteiger partial charge in [0, 0.05) is 43.2 Å². The molecule has 110 valence electrons. The van der Waals surface area contributed by atoms with E-state index in [9.17, 15) is 15.0 Å². The summed E-state index contributed by atoms with van der Waals surface area (Å²) in [4.78, 5) is 13.5. The zero-order valence-electron chi connectivity index (χ0n) is 12.0. The highest BCUT2D eigenvalue weighted by atomic mass is 16.3. The second kappa shape index (κ2) is 6.13. The average molecular weight is 278 g/mol. The largest absolute Gasteiger partial charge is 0.508 e. The highest BCUT2D eigenvalue weighted by molar-refractivity contribution is 5.78. The molecular weight excluding hydrogens is 256 g/mol. The Bertz CT molecular complexity index is 490. The number of likely N-dealkylation sites (tertiary alicyclic amines) is 1. The number of carbonyl (C=O) groups is 1. The molecule has 1 saturated heterocycles. The van der Waals surface area contributed by atoms with Gasteiger partial charge in [-0.05, 0) is 26.3 Å². The summed E-state index contributed by atoms with van der Waals surface area (Å²) in [5.41, 5.74) is 0.738. The molecule has 1 fully saturated rings. The van der Waals surface area contributed by atoms with Crippen LogP contribution in [0.1, 0.15) is 38.3 Å². The van der Waals surface area contributed by atoms with E-state index in [0.717, 1.165) is 18.5 Å². The van der Waals surface area contributed by atoms with Crippen molar-refractivity contribution in [2.75, 3.05) is 13.1 Å². The Morgan fingerprint density at radius 3 is 2.70 bits per heavy atom. The Balaban J connectivity index is 1.93. The number of phenolic OH excluding ortho intramolecular Hbond substituents is 2. The molecule has 2 unspecified atom stereocenters. The van der Waals surface area contributed by atoms with Gasteiger partial charge in [-0.2, -0.15) is 0 Å². The maximum Gasteiger partial charge on any atom is 0.222 e. The maximum absolute atomic E-state index is 11.6. The van der Waals surface area contributed by atoms with Crippen LogP contribution in [-0.2, 0) is 4.79 Å². The summed E-state index contributed by atoms with van der Waals surface area (Å²) >= 11 is 0. The molecule has 5 heteroatoms. The van der Waals surface area contributed by atoms with Gasteiger partial charge in [-0.1, -0.05) is 6.07 Å². The maximum atomic E-state index is 11.6. The molecule has 0 aromatic heterocycles. The predicted molar refractivity (Wildman–Crippen MR) is 76.6 cm³/mol.